The number of nitrogens with two attached hydrogens (primary N) is 1. The molecule has 0 bridgehead atoms. The minimum Gasteiger partial charge on any atom is -0.399 e. The van der Waals surface area contributed by atoms with Gasteiger partial charge >= 0.3 is 0 Å². The quantitative estimate of drug-likeness (QED) is 0.700. The van der Waals surface area contributed by atoms with Gasteiger partial charge in [-0.2, -0.15) is 0 Å². The van der Waals surface area contributed by atoms with Crippen LogP contribution >= 0.6 is 0 Å². The van der Waals surface area contributed by atoms with E-state index in [1.807, 2.05) is 37.4 Å². The lowest BCUT2D eigenvalue weighted by Gasteiger charge is -2.22. The van der Waals surface area contributed by atoms with Gasteiger partial charge in [0, 0.05) is 17.3 Å². The van der Waals surface area contributed by atoms with Crippen molar-refractivity contribution >= 4 is 16.9 Å². The Bertz CT molecular complexity index is 754. The van der Waals surface area contributed by atoms with Crippen molar-refractivity contribution in [2.75, 3.05) is 5.73 Å². The van der Waals surface area contributed by atoms with E-state index in [1.54, 1.807) is 0 Å². The highest BCUT2D eigenvalue weighted by Gasteiger charge is 2.27. The maximum absolute atomic E-state index is 5.75. The number of aromatic amines is 1. The SMILES string of the molecule is Cc1cnc2nc(C(C)(C)c3ccc(N)cc3)[nH]c2c1. The monoisotopic (exact) mass is 266 g/mol. The maximum atomic E-state index is 5.75. The summed E-state index contributed by atoms with van der Waals surface area (Å²) >= 11 is 0. The number of imidazole rings is 1. The number of aryl methyl sites for hydroxylation is 1. The number of hydrogen-bond donors (Lipinski definition) is 2. The molecular weight excluding hydrogens is 248 g/mol. The number of pyridine rings is 1. The van der Waals surface area contributed by atoms with Crippen LogP contribution in [0.2, 0.25) is 0 Å². The van der Waals surface area contributed by atoms with E-state index in [-0.39, 0.29) is 5.41 Å². The van der Waals surface area contributed by atoms with E-state index in [2.05, 4.69) is 34.9 Å². The van der Waals surface area contributed by atoms with Crippen molar-refractivity contribution < 1.29 is 0 Å². The second-order valence-electron chi connectivity index (χ2n) is 5.72. The lowest BCUT2D eigenvalue weighted by molar-refractivity contribution is 0.601. The van der Waals surface area contributed by atoms with Gasteiger partial charge in [0.15, 0.2) is 5.65 Å². The molecule has 0 radical (unpaired) electrons. The zero-order valence-corrected chi connectivity index (χ0v) is 11.9. The second-order valence-corrected chi connectivity index (χ2v) is 5.72. The number of nitrogens with one attached hydrogen (secondary N) is 1. The van der Waals surface area contributed by atoms with Crippen LogP contribution in [0.1, 0.15) is 30.8 Å². The van der Waals surface area contributed by atoms with E-state index in [0.29, 0.717) is 0 Å². The van der Waals surface area contributed by atoms with Crippen LogP contribution in [0.15, 0.2) is 36.5 Å². The molecule has 20 heavy (non-hydrogen) atoms. The van der Waals surface area contributed by atoms with Crippen molar-refractivity contribution in [2.24, 2.45) is 0 Å². The van der Waals surface area contributed by atoms with Crippen LogP contribution in [0, 0.1) is 6.92 Å². The fourth-order valence-electron chi connectivity index (χ4n) is 2.34. The molecule has 3 N–H and O–H groups in total. The molecule has 2 aromatic heterocycles. The van der Waals surface area contributed by atoms with Gasteiger partial charge in [0.2, 0.25) is 0 Å². The van der Waals surface area contributed by atoms with Crippen molar-refractivity contribution in [3.05, 3.63) is 53.5 Å². The Kier molecular flexibility index (Phi) is 2.74. The number of benzene rings is 1. The predicted octanol–water partition coefficient (Wildman–Crippen LogP) is 3.17. The van der Waals surface area contributed by atoms with Crippen molar-refractivity contribution in [1.29, 1.82) is 0 Å². The Morgan fingerprint density at radius 2 is 1.85 bits per heavy atom. The molecule has 0 aliphatic heterocycles. The van der Waals surface area contributed by atoms with Gasteiger partial charge in [0.1, 0.15) is 5.82 Å². The van der Waals surface area contributed by atoms with Crippen LogP contribution in [-0.2, 0) is 5.41 Å². The fourth-order valence-corrected chi connectivity index (χ4v) is 2.34. The number of nitrogens with zero attached hydrogens (tertiary/aromatic N) is 2. The van der Waals surface area contributed by atoms with Crippen LogP contribution in [0.3, 0.4) is 0 Å². The molecule has 2 heterocycles. The standard InChI is InChI=1S/C16H18N4/c1-10-8-13-14(18-9-10)20-15(19-13)16(2,3)11-4-6-12(17)7-5-11/h4-9H,17H2,1-3H3,(H,18,19,20). The molecule has 4 nitrogen and oxygen atoms in total. The van der Waals surface area contributed by atoms with E-state index >= 15 is 0 Å². The second kappa shape index (κ2) is 4.34. The van der Waals surface area contributed by atoms with Gasteiger partial charge in [-0.05, 0) is 50.1 Å². The molecule has 0 atom stereocenters. The molecule has 0 spiro atoms. The van der Waals surface area contributed by atoms with Crippen LogP contribution in [0.25, 0.3) is 11.2 Å². The zero-order valence-electron chi connectivity index (χ0n) is 11.9. The van der Waals surface area contributed by atoms with Crippen LogP contribution in [0.4, 0.5) is 5.69 Å². The molecule has 1 aromatic carbocycles. The van der Waals surface area contributed by atoms with E-state index in [4.69, 9.17) is 5.73 Å². The van der Waals surface area contributed by atoms with Crippen molar-refractivity contribution in [2.45, 2.75) is 26.2 Å². The fraction of sp³-hybridized carbons (Fsp3) is 0.250. The smallest absolute Gasteiger partial charge is 0.177 e. The summed E-state index contributed by atoms with van der Waals surface area (Å²) in [7, 11) is 0. The third kappa shape index (κ3) is 2.03. The van der Waals surface area contributed by atoms with Gasteiger partial charge < -0.3 is 10.7 Å². The number of aromatic nitrogens is 3. The van der Waals surface area contributed by atoms with Gasteiger partial charge in [0.05, 0.1) is 5.52 Å². The summed E-state index contributed by atoms with van der Waals surface area (Å²) in [5.74, 6) is 0.912. The summed E-state index contributed by atoms with van der Waals surface area (Å²) in [5.41, 5.74) is 10.3. The Labute approximate surface area is 118 Å². The van der Waals surface area contributed by atoms with E-state index in [0.717, 1.165) is 28.2 Å². The number of hydrogen-bond acceptors (Lipinski definition) is 3. The van der Waals surface area contributed by atoms with Gasteiger partial charge in [0.25, 0.3) is 0 Å². The Hall–Kier alpha value is -2.36. The zero-order chi connectivity index (χ0) is 14.3. The first kappa shape index (κ1) is 12.7. The highest BCUT2D eigenvalue weighted by molar-refractivity contribution is 5.71. The topological polar surface area (TPSA) is 67.6 Å². The van der Waals surface area contributed by atoms with E-state index in [9.17, 15) is 0 Å². The molecule has 4 heteroatoms. The van der Waals surface area contributed by atoms with Crippen LogP contribution in [0.5, 0.6) is 0 Å². The highest BCUT2D eigenvalue weighted by atomic mass is 15.0. The number of H-pyrrole nitrogens is 1. The normalized spacial score (nSPS) is 11.9. The summed E-state index contributed by atoms with van der Waals surface area (Å²) in [6, 6.07) is 9.99. The van der Waals surface area contributed by atoms with E-state index < -0.39 is 0 Å². The Balaban J connectivity index is 2.10. The molecule has 0 amide bonds. The molecule has 0 fully saturated rings. The Morgan fingerprint density at radius 1 is 1.15 bits per heavy atom. The van der Waals surface area contributed by atoms with Crippen LogP contribution in [-0.4, -0.2) is 15.0 Å². The largest absolute Gasteiger partial charge is 0.399 e. The summed E-state index contributed by atoms with van der Waals surface area (Å²) in [6.07, 6.45) is 1.84. The summed E-state index contributed by atoms with van der Waals surface area (Å²) in [6.45, 7) is 6.31. The molecule has 0 saturated heterocycles. The minimum atomic E-state index is -0.220. The van der Waals surface area contributed by atoms with Gasteiger partial charge in [-0.1, -0.05) is 12.1 Å². The highest BCUT2D eigenvalue weighted by Crippen LogP contribution is 2.30. The molecule has 102 valence electrons. The average molecular weight is 266 g/mol. The molecular formula is C16H18N4. The molecule has 0 aliphatic carbocycles. The minimum absolute atomic E-state index is 0.220. The van der Waals surface area contributed by atoms with Gasteiger partial charge in [-0.25, -0.2) is 9.97 Å². The summed E-state index contributed by atoms with van der Waals surface area (Å²) < 4.78 is 0. The van der Waals surface area contributed by atoms with Crippen LogP contribution < -0.4 is 5.73 Å². The Morgan fingerprint density at radius 3 is 2.55 bits per heavy atom. The van der Waals surface area contributed by atoms with Gasteiger partial charge in [-0.3, -0.25) is 0 Å². The van der Waals surface area contributed by atoms with Crippen molar-refractivity contribution in [3.63, 3.8) is 0 Å². The number of nitrogen functional groups attached to an aromatic ring is 1. The summed E-state index contributed by atoms with van der Waals surface area (Å²) in [4.78, 5) is 12.4. The predicted molar refractivity (Wildman–Crippen MR) is 81.6 cm³/mol. The molecule has 3 rings (SSSR count). The number of rotatable bonds is 2. The summed E-state index contributed by atoms with van der Waals surface area (Å²) in [5, 5.41) is 0. The molecule has 0 saturated carbocycles. The van der Waals surface area contributed by atoms with Gasteiger partial charge in [-0.15, -0.1) is 0 Å². The first-order valence-corrected chi connectivity index (χ1v) is 6.66. The maximum Gasteiger partial charge on any atom is 0.177 e. The third-order valence-corrected chi connectivity index (χ3v) is 3.70. The van der Waals surface area contributed by atoms with Crippen molar-refractivity contribution in [3.8, 4) is 0 Å². The molecule has 0 aliphatic rings. The van der Waals surface area contributed by atoms with E-state index in [1.165, 1.54) is 5.56 Å². The first-order chi connectivity index (χ1) is 9.46. The lowest BCUT2D eigenvalue weighted by Crippen LogP contribution is -2.20. The molecule has 3 aromatic rings. The lowest BCUT2D eigenvalue weighted by atomic mass is 9.84. The molecule has 0 unspecified atom stereocenters. The first-order valence-electron chi connectivity index (χ1n) is 6.66. The van der Waals surface area contributed by atoms with Crippen molar-refractivity contribution in [1.82, 2.24) is 15.0 Å². The number of fused-ring (bicyclic) bond motifs is 1. The third-order valence-electron chi connectivity index (χ3n) is 3.70. The number of anilines is 1. The average Bonchev–Trinajstić information content (AvgIpc) is 2.83.